The summed E-state index contributed by atoms with van der Waals surface area (Å²) in [5.41, 5.74) is -0.833. The Balaban J connectivity index is 1.55. The molecule has 2 aliphatic heterocycles. The Morgan fingerprint density at radius 3 is 1.50 bits per heavy atom. The predicted octanol–water partition coefficient (Wildman–Crippen LogP) is 0.392. The second-order valence-corrected chi connectivity index (χ2v) is 7.89. The fraction of sp³-hybridized carbons (Fsp3) is 0.875. The van der Waals surface area contributed by atoms with Gasteiger partial charge in [0.05, 0.1) is 11.8 Å². The molecule has 0 unspecified atom stereocenters. The average Bonchev–Trinajstić information content (AvgIpc) is 2.71. The fourth-order valence-corrected chi connectivity index (χ4v) is 4.90. The SMILES string of the molecule is C[C@]12CC[C@H]1C(=O)O[C@@H]2[C@H](O)[C@@H](O)[C@H]1OC(=O)[C@@H]2CC[C@]12C. The van der Waals surface area contributed by atoms with E-state index in [1.807, 2.05) is 13.8 Å². The van der Waals surface area contributed by atoms with Crippen molar-refractivity contribution in [2.45, 2.75) is 63.9 Å². The molecule has 2 aliphatic carbocycles. The molecule has 0 aromatic rings. The van der Waals surface area contributed by atoms with Gasteiger partial charge in [0.15, 0.2) is 0 Å². The molecular weight excluding hydrogens is 288 g/mol. The average molecular weight is 310 g/mol. The molecule has 4 rings (SSSR count). The minimum Gasteiger partial charge on any atom is -0.459 e. The summed E-state index contributed by atoms with van der Waals surface area (Å²) >= 11 is 0. The van der Waals surface area contributed by atoms with Crippen molar-refractivity contribution in [3.8, 4) is 0 Å². The van der Waals surface area contributed by atoms with Gasteiger partial charge in [0.25, 0.3) is 0 Å². The maximum atomic E-state index is 11.8. The van der Waals surface area contributed by atoms with Crippen LogP contribution in [0.5, 0.6) is 0 Å². The summed E-state index contributed by atoms with van der Waals surface area (Å²) < 4.78 is 10.7. The summed E-state index contributed by atoms with van der Waals surface area (Å²) in [5.74, 6) is -0.947. The zero-order valence-electron chi connectivity index (χ0n) is 12.8. The van der Waals surface area contributed by atoms with Gasteiger partial charge in [-0.15, -0.1) is 0 Å². The van der Waals surface area contributed by atoms with Crippen LogP contribution in [0.2, 0.25) is 0 Å². The Labute approximate surface area is 128 Å². The zero-order valence-corrected chi connectivity index (χ0v) is 12.8. The third-order valence-corrected chi connectivity index (χ3v) is 6.86. The molecular formula is C16H22O6. The van der Waals surface area contributed by atoms with Crippen LogP contribution in [0.25, 0.3) is 0 Å². The van der Waals surface area contributed by atoms with Crippen LogP contribution < -0.4 is 0 Å². The number of fused-ring (bicyclic) bond motifs is 2. The van der Waals surface area contributed by atoms with Gasteiger partial charge in [0.1, 0.15) is 24.4 Å². The van der Waals surface area contributed by atoms with Gasteiger partial charge in [-0.3, -0.25) is 9.59 Å². The van der Waals surface area contributed by atoms with E-state index in [9.17, 15) is 19.8 Å². The van der Waals surface area contributed by atoms with Crippen LogP contribution in [0, 0.1) is 22.7 Å². The summed E-state index contributed by atoms with van der Waals surface area (Å²) in [6, 6.07) is 0. The highest BCUT2D eigenvalue weighted by molar-refractivity contribution is 5.78. The number of rotatable bonds is 3. The predicted molar refractivity (Wildman–Crippen MR) is 73.4 cm³/mol. The second kappa shape index (κ2) is 4.23. The number of aliphatic hydroxyl groups is 2. The molecule has 0 aromatic heterocycles. The summed E-state index contributed by atoms with van der Waals surface area (Å²) in [7, 11) is 0. The van der Waals surface area contributed by atoms with E-state index in [1.165, 1.54) is 0 Å². The van der Waals surface area contributed by atoms with Gasteiger partial charge in [0.2, 0.25) is 0 Å². The largest absolute Gasteiger partial charge is 0.459 e. The summed E-state index contributed by atoms with van der Waals surface area (Å²) in [6.45, 7) is 3.84. The molecule has 4 aliphatic rings. The Morgan fingerprint density at radius 2 is 1.27 bits per heavy atom. The van der Waals surface area contributed by atoms with E-state index in [0.717, 1.165) is 25.7 Å². The molecule has 2 heterocycles. The van der Waals surface area contributed by atoms with Gasteiger partial charge >= 0.3 is 11.9 Å². The van der Waals surface area contributed by atoms with E-state index in [-0.39, 0.29) is 23.8 Å². The number of carbonyl (C=O) groups excluding carboxylic acids is 2. The van der Waals surface area contributed by atoms with Crippen molar-refractivity contribution in [2.24, 2.45) is 22.7 Å². The van der Waals surface area contributed by atoms with Crippen LogP contribution in [-0.2, 0) is 19.1 Å². The van der Waals surface area contributed by atoms with Crippen molar-refractivity contribution in [1.29, 1.82) is 0 Å². The topological polar surface area (TPSA) is 93.1 Å². The van der Waals surface area contributed by atoms with E-state index < -0.39 is 35.2 Å². The van der Waals surface area contributed by atoms with E-state index in [2.05, 4.69) is 0 Å². The quantitative estimate of drug-likeness (QED) is 0.733. The summed E-state index contributed by atoms with van der Waals surface area (Å²) in [4.78, 5) is 23.7. The maximum absolute atomic E-state index is 11.8. The van der Waals surface area contributed by atoms with Gasteiger partial charge < -0.3 is 19.7 Å². The number of hydrogen-bond donors (Lipinski definition) is 2. The van der Waals surface area contributed by atoms with Crippen molar-refractivity contribution in [1.82, 2.24) is 0 Å². The van der Waals surface area contributed by atoms with Crippen molar-refractivity contribution in [3.05, 3.63) is 0 Å². The Morgan fingerprint density at radius 1 is 0.909 bits per heavy atom. The van der Waals surface area contributed by atoms with Crippen molar-refractivity contribution in [3.63, 3.8) is 0 Å². The monoisotopic (exact) mass is 310 g/mol. The van der Waals surface area contributed by atoms with Crippen LogP contribution in [0.3, 0.4) is 0 Å². The molecule has 0 amide bonds. The second-order valence-electron chi connectivity index (χ2n) is 7.89. The third kappa shape index (κ3) is 1.52. The van der Waals surface area contributed by atoms with Crippen LogP contribution >= 0.6 is 0 Å². The highest BCUT2D eigenvalue weighted by atomic mass is 16.6. The number of esters is 2. The van der Waals surface area contributed by atoms with Gasteiger partial charge in [-0.05, 0) is 25.7 Å². The van der Waals surface area contributed by atoms with E-state index in [1.54, 1.807) is 0 Å². The standard InChI is InChI=1S/C16H22O6/c1-15-5-3-7(15)13(19)21-11(15)9(17)10(18)12-16(2)6-4-8(16)14(20)22-12/h7-12,17-18H,3-6H2,1-2H3/t7-,8-,9+,10+,11+,12+,15-,16-/m0/s1. The highest BCUT2D eigenvalue weighted by Crippen LogP contribution is 2.59. The molecule has 2 N–H and O–H groups in total. The Bertz CT molecular complexity index is 499. The van der Waals surface area contributed by atoms with Gasteiger partial charge in [0, 0.05) is 10.8 Å². The summed E-state index contributed by atoms with van der Waals surface area (Å²) in [5, 5.41) is 21.2. The molecule has 4 fully saturated rings. The van der Waals surface area contributed by atoms with Gasteiger partial charge in [-0.2, -0.15) is 0 Å². The lowest BCUT2D eigenvalue weighted by Crippen LogP contribution is -2.57. The van der Waals surface area contributed by atoms with E-state index in [0.29, 0.717) is 0 Å². The Hall–Kier alpha value is -1.14. The molecule has 22 heavy (non-hydrogen) atoms. The molecule has 8 atom stereocenters. The minimum atomic E-state index is -1.23. The molecule has 2 saturated heterocycles. The molecule has 6 heteroatoms. The molecule has 122 valence electrons. The van der Waals surface area contributed by atoms with Crippen LogP contribution in [0.1, 0.15) is 39.5 Å². The number of carbonyl (C=O) groups is 2. The first-order valence-corrected chi connectivity index (χ1v) is 8.06. The van der Waals surface area contributed by atoms with E-state index >= 15 is 0 Å². The number of ether oxygens (including phenoxy) is 2. The summed E-state index contributed by atoms with van der Waals surface area (Å²) in [6.07, 6.45) is -0.781. The van der Waals surface area contributed by atoms with Crippen LogP contribution in [0.4, 0.5) is 0 Å². The first-order valence-electron chi connectivity index (χ1n) is 8.06. The normalized spacial score (nSPS) is 51.8. The van der Waals surface area contributed by atoms with E-state index in [4.69, 9.17) is 9.47 Å². The van der Waals surface area contributed by atoms with Gasteiger partial charge in [-0.1, -0.05) is 13.8 Å². The lowest BCUT2D eigenvalue weighted by atomic mass is 9.56. The molecule has 0 radical (unpaired) electrons. The van der Waals surface area contributed by atoms with Crippen molar-refractivity contribution in [2.75, 3.05) is 0 Å². The maximum Gasteiger partial charge on any atom is 0.310 e. The first kappa shape index (κ1) is 14.5. The molecule has 0 spiro atoms. The molecule has 6 nitrogen and oxygen atoms in total. The first-order chi connectivity index (χ1) is 10.3. The lowest BCUT2D eigenvalue weighted by molar-refractivity contribution is -0.172. The molecule has 2 saturated carbocycles. The van der Waals surface area contributed by atoms with Crippen LogP contribution in [-0.4, -0.2) is 46.6 Å². The number of hydrogen-bond acceptors (Lipinski definition) is 6. The molecule has 0 bridgehead atoms. The highest BCUT2D eigenvalue weighted by Gasteiger charge is 2.66. The lowest BCUT2D eigenvalue weighted by Gasteiger charge is -2.46. The molecule has 0 aromatic carbocycles. The Kier molecular flexibility index (Phi) is 2.78. The van der Waals surface area contributed by atoms with Crippen molar-refractivity contribution >= 4 is 11.9 Å². The smallest absolute Gasteiger partial charge is 0.310 e. The minimum absolute atomic E-state index is 0.183. The number of aliphatic hydroxyl groups excluding tert-OH is 2. The zero-order chi connectivity index (χ0) is 15.9. The van der Waals surface area contributed by atoms with Gasteiger partial charge in [-0.25, -0.2) is 0 Å². The van der Waals surface area contributed by atoms with Crippen molar-refractivity contribution < 1.29 is 29.3 Å². The third-order valence-electron chi connectivity index (χ3n) is 6.86. The number of cyclic esters (lactones) is 2. The fourth-order valence-electron chi connectivity index (χ4n) is 4.90. The van der Waals surface area contributed by atoms with Crippen LogP contribution in [0.15, 0.2) is 0 Å².